The number of anilines is 1. The molecule has 0 saturated carbocycles. The molecule has 0 aliphatic rings. The lowest BCUT2D eigenvalue weighted by Crippen LogP contribution is -2.53. The van der Waals surface area contributed by atoms with Gasteiger partial charge in [-0.1, -0.05) is 61.9 Å². The van der Waals surface area contributed by atoms with Crippen LogP contribution < -0.4 is 14.4 Å². The number of sulfonamides is 1. The number of halogens is 1. The van der Waals surface area contributed by atoms with Crippen LogP contribution >= 0.6 is 0 Å². The zero-order valence-corrected chi connectivity index (χ0v) is 23.9. The number of hydrogen-bond acceptors (Lipinski definition) is 5. The average molecular weight is 570 g/mol. The van der Waals surface area contributed by atoms with Gasteiger partial charge in [0.15, 0.2) is 0 Å². The maximum Gasteiger partial charge on any atom is 0.244 e. The Labute approximate surface area is 235 Å². The number of nitrogens with one attached hydrogen (secondary N) is 1. The molecule has 0 aliphatic carbocycles. The normalized spacial score (nSPS) is 11.9. The van der Waals surface area contributed by atoms with Crippen molar-refractivity contribution in [1.82, 2.24) is 10.2 Å². The van der Waals surface area contributed by atoms with Crippen LogP contribution in [-0.4, -0.2) is 57.6 Å². The number of carbonyl (C=O) groups is 2. The van der Waals surface area contributed by atoms with Crippen molar-refractivity contribution < 1.29 is 27.1 Å². The van der Waals surface area contributed by atoms with E-state index in [2.05, 4.69) is 5.32 Å². The van der Waals surface area contributed by atoms with Crippen molar-refractivity contribution in [3.8, 4) is 5.75 Å². The molecule has 0 bridgehead atoms. The van der Waals surface area contributed by atoms with E-state index in [1.807, 2.05) is 37.3 Å². The van der Waals surface area contributed by atoms with Gasteiger partial charge in [0.05, 0.1) is 19.1 Å². The molecule has 1 atom stereocenters. The Kier molecular flexibility index (Phi) is 11.1. The van der Waals surface area contributed by atoms with Crippen LogP contribution in [0.5, 0.6) is 5.75 Å². The van der Waals surface area contributed by atoms with Crippen molar-refractivity contribution in [1.29, 1.82) is 0 Å². The van der Waals surface area contributed by atoms with Crippen molar-refractivity contribution in [2.24, 2.45) is 0 Å². The minimum absolute atomic E-state index is 0.0203. The second-order valence-corrected chi connectivity index (χ2v) is 11.4. The number of benzene rings is 3. The summed E-state index contributed by atoms with van der Waals surface area (Å²) in [5.74, 6) is -0.927. The van der Waals surface area contributed by atoms with Crippen molar-refractivity contribution in [2.75, 3.05) is 30.8 Å². The number of unbranched alkanes of at least 4 members (excludes halogenated alkanes) is 1. The van der Waals surface area contributed by atoms with Gasteiger partial charge in [-0.05, 0) is 41.8 Å². The molecule has 1 N–H and O–H groups in total. The fourth-order valence-electron chi connectivity index (χ4n) is 4.23. The first-order valence-electron chi connectivity index (χ1n) is 13.1. The molecule has 0 heterocycles. The van der Waals surface area contributed by atoms with E-state index in [-0.39, 0.29) is 24.6 Å². The minimum Gasteiger partial charge on any atom is -0.497 e. The van der Waals surface area contributed by atoms with E-state index >= 15 is 0 Å². The SMILES string of the molecule is CCCCNC(=O)[C@H](Cc1ccccc1)N(Cc1ccc(F)cc1)C(=O)CN(c1cccc(OC)c1)S(C)(=O)=O. The molecule has 40 heavy (non-hydrogen) atoms. The summed E-state index contributed by atoms with van der Waals surface area (Å²) in [7, 11) is -2.43. The fraction of sp³-hybridized carbons (Fsp3) is 0.333. The van der Waals surface area contributed by atoms with Crippen LogP contribution in [0.3, 0.4) is 0 Å². The summed E-state index contributed by atoms with van der Waals surface area (Å²) in [6, 6.07) is 20.4. The molecule has 0 spiro atoms. The van der Waals surface area contributed by atoms with Crippen LogP contribution in [0.1, 0.15) is 30.9 Å². The molecule has 0 saturated heterocycles. The summed E-state index contributed by atoms with van der Waals surface area (Å²) in [6.07, 6.45) is 2.88. The van der Waals surface area contributed by atoms with Crippen molar-refractivity contribution in [3.63, 3.8) is 0 Å². The third-order valence-corrected chi connectivity index (χ3v) is 7.53. The molecular formula is C30H36FN3O5S. The van der Waals surface area contributed by atoms with E-state index < -0.39 is 34.3 Å². The van der Waals surface area contributed by atoms with Gasteiger partial charge in [-0.2, -0.15) is 0 Å². The molecule has 214 valence electrons. The summed E-state index contributed by atoms with van der Waals surface area (Å²) in [6.45, 7) is 1.89. The van der Waals surface area contributed by atoms with E-state index in [4.69, 9.17) is 4.74 Å². The molecule has 8 nitrogen and oxygen atoms in total. The van der Waals surface area contributed by atoms with Gasteiger partial charge < -0.3 is 15.0 Å². The Morgan fingerprint density at radius 1 is 0.975 bits per heavy atom. The molecule has 0 radical (unpaired) electrons. The van der Waals surface area contributed by atoms with E-state index in [1.54, 1.807) is 30.3 Å². The van der Waals surface area contributed by atoms with Crippen molar-refractivity contribution >= 4 is 27.5 Å². The quantitative estimate of drug-likeness (QED) is 0.294. The summed E-state index contributed by atoms with van der Waals surface area (Å²) in [4.78, 5) is 28.9. The number of carbonyl (C=O) groups excluding carboxylic acids is 2. The Bertz CT molecular complexity index is 1370. The third-order valence-electron chi connectivity index (χ3n) is 6.39. The molecule has 2 amide bonds. The highest BCUT2D eigenvalue weighted by atomic mass is 32.2. The maximum absolute atomic E-state index is 14.0. The van der Waals surface area contributed by atoms with Gasteiger partial charge >= 0.3 is 0 Å². The van der Waals surface area contributed by atoms with E-state index in [0.29, 0.717) is 17.9 Å². The second kappa shape index (κ2) is 14.5. The minimum atomic E-state index is -3.89. The van der Waals surface area contributed by atoms with Crippen molar-refractivity contribution in [2.45, 2.75) is 38.8 Å². The number of methoxy groups -OCH3 is 1. The third kappa shape index (κ3) is 8.81. The summed E-state index contributed by atoms with van der Waals surface area (Å²) >= 11 is 0. The van der Waals surface area contributed by atoms with Crippen LogP contribution in [0.25, 0.3) is 0 Å². The molecular weight excluding hydrogens is 533 g/mol. The van der Waals surface area contributed by atoms with Crippen LogP contribution in [0, 0.1) is 5.82 Å². The first-order chi connectivity index (χ1) is 19.1. The molecule has 0 fully saturated rings. The highest BCUT2D eigenvalue weighted by Crippen LogP contribution is 2.24. The van der Waals surface area contributed by atoms with E-state index in [1.165, 1.54) is 30.2 Å². The molecule has 3 aromatic carbocycles. The van der Waals surface area contributed by atoms with Gasteiger partial charge in [-0.3, -0.25) is 13.9 Å². The number of rotatable bonds is 14. The highest BCUT2D eigenvalue weighted by Gasteiger charge is 2.33. The van der Waals surface area contributed by atoms with Gasteiger partial charge in [0, 0.05) is 25.6 Å². The molecule has 0 aromatic heterocycles. The van der Waals surface area contributed by atoms with Gasteiger partial charge in [0.2, 0.25) is 21.8 Å². The zero-order chi connectivity index (χ0) is 29.1. The van der Waals surface area contributed by atoms with Crippen LogP contribution in [0.15, 0.2) is 78.9 Å². The smallest absolute Gasteiger partial charge is 0.244 e. The number of hydrogen-bond donors (Lipinski definition) is 1. The predicted molar refractivity (Wildman–Crippen MR) is 154 cm³/mol. The van der Waals surface area contributed by atoms with Gasteiger partial charge in [0.1, 0.15) is 24.2 Å². The Hall–Kier alpha value is -3.92. The Morgan fingerprint density at radius 2 is 1.68 bits per heavy atom. The standard InChI is InChI=1S/C30H36FN3O5S/c1-4-5-18-32-30(36)28(19-23-10-7-6-8-11-23)33(21-24-14-16-25(31)17-15-24)29(35)22-34(40(3,37)38)26-12-9-13-27(20-26)39-2/h6-17,20,28H,4-5,18-19,21-22H2,1-3H3,(H,32,36)/t28-/m0/s1. The topological polar surface area (TPSA) is 96.0 Å². The summed E-state index contributed by atoms with van der Waals surface area (Å²) in [5.41, 5.74) is 1.69. The average Bonchev–Trinajstić information content (AvgIpc) is 2.94. The maximum atomic E-state index is 14.0. The fourth-order valence-corrected chi connectivity index (χ4v) is 5.07. The van der Waals surface area contributed by atoms with Crippen molar-refractivity contribution in [3.05, 3.63) is 95.8 Å². The molecule has 3 aromatic rings. The molecule has 0 unspecified atom stereocenters. The highest BCUT2D eigenvalue weighted by molar-refractivity contribution is 7.92. The van der Waals surface area contributed by atoms with Gasteiger partial charge in [0.25, 0.3) is 0 Å². The lowest BCUT2D eigenvalue weighted by atomic mass is 10.0. The molecule has 10 heteroatoms. The predicted octanol–water partition coefficient (Wildman–Crippen LogP) is 4.16. The monoisotopic (exact) mass is 569 g/mol. The molecule has 0 aliphatic heterocycles. The number of amides is 2. The number of nitrogens with zero attached hydrogens (tertiary/aromatic N) is 2. The largest absolute Gasteiger partial charge is 0.497 e. The first-order valence-corrected chi connectivity index (χ1v) is 14.9. The van der Waals surface area contributed by atoms with Crippen LogP contribution in [-0.2, 0) is 32.6 Å². The van der Waals surface area contributed by atoms with Gasteiger partial charge in [-0.15, -0.1) is 0 Å². The second-order valence-electron chi connectivity index (χ2n) is 9.47. The van der Waals surface area contributed by atoms with Crippen LogP contribution in [0.2, 0.25) is 0 Å². The zero-order valence-electron chi connectivity index (χ0n) is 23.0. The first kappa shape index (κ1) is 30.6. The lowest BCUT2D eigenvalue weighted by molar-refractivity contribution is -0.140. The summed E-state index contributed by atoms with van der Waals surface area (Å²) in [5, 5.41) is 2.92. The summed E-state index contributed by atoms with van der Waals surface area (Å²) < 4.78 is 45.6. The van der Waals surface area contributed by atoms with E-state index in [0.717, 1.165) is 29.0 Å². The Balaban J connectivity index is 2.03. The Morgan fingerprint density at radius 3 is 2.30 bits per heavy atom. The van der Waals surface area contributed by atoms with Gasteiger partial charge in [-0.25, -0.2) is 12.8 Å². The van der Waals surface area contributed by atoms with E-state index in [9.17, 15) is 22.4 Å². The lowest BCUT2D eigenvalue weighted by Gasteiger charge is -2.33. The number of ether oxygens (including phenoxy) is 1. The van der Waals surface area contributed by atoms with Crippen LogP contribution in [0.4, 0.5) is 10.1 Å². The molecule has 3 rings (SSSR count).